The SMILES string of the molecule is Cc1cc(C2CCC2)ncc1C(=O)Nc1cn[nH]c1-c1ccccn1. The Kier molecular flexibility index (Phi) is 4.01. The molecule has 25 heavy (non-hydrogen) atoms. The molecule has 0 radical (unpaired) electrons. The molecular weight excluding hydrogens is 314 g/mol. The van der Waals surface area contributed by atoms with E-state index in [0.717, 1.165) is 17.0 Å². The Hall–Kier alpha value is -3.02. The first-order valence-electron chi connectivity index (χ1n) is 8.45. The number of hydrogen-bond acceptors (Lipinski definition) is 4. The highest BCUT2D eigenvalue weighted by Gasteiger charge is 2.22. The molecule has 3 heterocycles. The maximum atomic E-state index is 12.7. The molecular formula is C19H19N5O. The molecule has 6 heteroatoms. The van der Waals surface area contributed by atoms with Gasteiger partial charge >= 0.3 is 0 Å². The summed E-state index contributed by atoms with van der Waals surface area (Å²) in [5.41, 5.74) is 4.63. The lowest BCUT2D eigenvalue weighted by Gasteiger charge is -2.25. The fourth-order valence-electron chi connectivity index (χ4n) is 3.02. The van der Waals surface area contributed by atoms with Crippen molar-refractivity contribution in [2.75, 3.05) is 5.32 Å². The van der Waals surface area contributed by atoms with Gasteiger partial charge in [-0.05, 0) is 43.5 Å². The van der Waals surface area contributed by atoms with Gasteiger partial charge in [-0.15, -0.1) is 0 Å². The van der Waals surface area contributed by atoms with Crippen molar-refractivity contribution in [3.8, 4) is 11.4 Å². The summed E-state index contributed by atoms with van der Waals surface area (Å²) in [6, 6.07) is 7.63. The Morgan fingerprint density at radius 1 is 1.24 bits per heavy atom. The summed E-state index contributed by atoms with van der Waals surface area (Å²) in [5.74, 6) is 0.365. The van der Waals surface area contributed by atoms with Crippen LogP contribution in [0.5, 0.6) is 0 Å². The van der Waals surface area contributed by atoms with Crippen LogP contribution in [-0.2, 0) is 0 Å². The lowest BCUT2D eigenvalue weighted by molar-refractivity contribution is 0.102. The van der Waals surface area contributed by atoms with E-state index in [-0.39, 0.29) is 5.91 Å². The number of amides is 1. The van der Waals surface area contributed by atoms with E-state index < -0.39 is 0 Å². The molecule has 0 bridgehead atoms. The van der Waals surface area contributed by atoms with Crippen LogP contribution >= 0.6 is 0 Å². The van der Waals surface area contributed by atoms with Gasteiger partial charge in [-0.1, -0.05) is 12.5 Å². The molecule has 3 aromatic heterocycles. The summed E-state index contributed by atoms with van der Waals surface area (Å²) >= 11 is 0. The number of aromatic amines is 1. The van der Waals surface area contributed by atoms with Crippen molar-refractivity contribution in [3.63, 3.8) is 0 Å². The summed E-state index contributed by atoms with van der Waals surface area (Å²) < 4.78 is 0. The number of pyridine rings is 2. The number of rotatable bonds is 4. The van der Waals surface area contributed by atoms with Crippen LogP contribution in [0, 0.1) is 6.92 Å². The number of anilines is 1. The Labute approximate surface area is 145 Å². The largest absolute Gasteiger partial charge is 0.319 e. The number of carbonyl (C=O) groups excluding carboxylic acids is 1. The smallest absolute Gasteiger partial charge is 0.257 e. The van der Waals surface area contributed by atoms with Crippen molar-refractivity contribution in [3.05, 3.63) is 59.7 Å². The predicted molar refractivity (Wildman–Crippen MR) is 95.3 cm³/mol. The van der Waals surface area contributed by atoms with Crippen LogP contribution in [0.1, 0.15) is 46.8 Å². The second-order valence-corrected chi connectivity index (χ2v) is 6.38. The molecule has 1 aliphatic rings. The van der Waals surface area contributed by atoms with E-state index in [9.17, 15) is 4.79 Å². The third-order valence-corrected chi connectivity index (χ3v) is 4.71. The monoisotopic (exact) mass is 333 g/mol. The van der Waals surface area contributed by atoms with E-state index in [1.807, 2.05) is 31.2 Å². The fourth-order valence-corrected chi connectivity index (χ4v) is 3.02. The van der Waals surface area contributed by atoms with Crippen LogP contribution in [0.25, 0.3) is 11.4 Å². The van der Waals surface area contributed by atoms with Crippen LogP contribution in [0.4, 0.5) is 5.69 Å². The maximum absolute atomic E-state index is 12.7. The van der Waals surface area contributed by atoms with Crippen molar-refractivity contribution in [2.45, 2.75) is 32.1 Å². The Balaban J connectivity index is 1.56. The first kappa shape index (κ1) is 15.5. The lowest BCUT2D eigenvalue weighted by Crippen LogP contribution is -2.16. The molecule has 1 aliphatic carbocycles. The minimum Gasteiger partial charge on any atom is -0.319 e. The van der Waals surface area contributed by atoms with Gasteiger partial charge in [-0.3, -0.25) is 19.9 Å². The molecule has 0 saturated heterocycles. The number of H-pyrrole nitrogens is 1. The third-order valence-electron chi connectivity index (χ3n) is 4.71. The zero-order chi connectivity index (χ0) is 17.2. The van der Waals surface area contributed by atoms with E-state index in [0.29, 0.717) is 22.9 Å². The van der Waals surface area contributed by atoms with Gasteiger partial charge in [0, 0.05) is 24.0 Å². The average molecular weight is 333 g/mol. The molecule has 6 nitrogen and oxygen atoms in total. The second-order valence-electron chi connectivity index (χ2n) is 6.38. The van der Waals surface area contributed by atoms with Crippen LogP contribution in [0.3, 0.4) is 0 Å². The van der Waals surface area contributed by atoms with Crippen molar-refractivity contribution in [1.82, 2.24) is 20.2 Å². The second kappa shape index (κ2) is 6.47. The normalized spacial score (nSPS) is 14.1. The summed E-state index contributed by atoms with van der Waals surface area (Å²) in [6.07, 6.45) is 8.63. The lowest BCUT2D eigenvalue weighted by atomic mass is 9.82. The van der Waals surface area contributed by atoms with Gasteiger partial charge in [-0.25, -0.2) is 0 Å². The van der Waals surface area contributed by atoms with Gasteiger partial charge in [-0.2, -0.15) is 5.10 Å². The standard InChI is InChI=1S/C19H19N5O/c1-12-9-16(13-5-4-6-13)21-10-14(12)19(25)23-17-11-22-24-18(17)15-7-2-3-8-20-15/h2-3,7-11,13H,4-6H2,1H3,(H,22,24)(H,23,25). The first-order chi connectivity index (χ1) is 12.2. The molecule has 1 saturated carbocycles. The van der Waals surface area contributed by atoms with Crippen LogP contribution < -0.4 is 5.32 Å². The fraction of sp³-hybridized carbons (Fsp3) is 0.263. The Morgan fingerprint density at radius 3 is 2.80 bits per heavy atom. The Bertz CT molecular complexity index is 899. The van der Waals surface area contributed by atoms with E-state index in [2.05, 4.69) is 25.5 Å². The molecule has 0 atom stereocenters. The maximum Gasteiger partial charge on any atom is 0.257 e. The van der Waals surface area contributed by atoms with E-state index in [1.165, 1.54) is 19.3 Å². The Morgan fingerprint density at radius 2 is 2.12 bits per heavy atom. The number of aryl methyl sites for hydroxylation is 1. The van der Waals surface area contributed by atoms with Crippen molar-refractivity contribution >= 4 is 11.6 Å². The molecule has 4 rings (SSSR count). The molecule has 0 unspecified atom stereocenters. The number of carbonyl (C=O) groups is 1. The highest BCUT2D eigenvalue weighted by Crippen LogP contribution is 2.35. The molecule has 0 spiro atoms. The summed E-state index contributed by atoms with van der Waals surface area (Å²) in [5, 5.41) is 9.83. The average Bonchev–Trinajstić information content (AvgIpc) is 3.02. The molecule has 126 valence electrons. The molecule has 0 aliphatic heterocycles. The zero-order valence-electron chi connectivity index (χ0n) is 14.0. The molecule has 1 amide bonds. The summed E-state index contributed by atoms with van der Waals surface area (Å²) in [7, 11) is 0. The highest BCUT2D eigenvalue weighted by molar-refractivity contribution is 6.06. The van der Waals surface area contributed by atoms with Gasteiger partial charge in [0.2, 0.25) is 0 Å². The minimum atomic E-state index is -0.191. The highest BCUT2D eigenvalue weighted by atomic mass is 16.1. The summed E-state index contributed by atoms with van der Waals surface area (Å²) in [6.45, 7) is 1.95. The predicted octanol–water partition coefficient (Wildman–Crippen LogP) is 3.69. The molecule has 0 aromatic carbocycles. The van der Waals surface area contributed by atoms with Crippen LogP contribution in [0.2, 0.25) is 0 Å². The van der Waals surface area contributed by atoms with E-state index in [1.54, 1.807) is 18.6 Å². The van der Waals surface area contributed by atoms with Crippen molar-refractivity contribution in [2.24, 2.45) is 0 Å². The van der Waals surface area contributed by atoms with Crippen molar-refractivity contribution in [1.29, 1.82) is 0 Å². The number of hydrogen-bond donors (Lipinski definition) is 2. The quantitative estimate of drug-likeness (QED) is 0.762. The third kappa shape index (κ3) is 3.03. The van der Waals surface area contributed by atoms with Crippen LogP contribution in [-0.4, -0.2) is 26.1 Å². The van der Waals surface area contributed by atoms with E-state index in [4.69, 9.17) is 0 Å². The van der Waals surface area contributed by atoms with Crippen molar-refractivity contribution < 1.29 is 4.79 Å². The van der Waals surface area contributed by atoms with Gasteiger partial charge in [0.05, 0.1) is 23.1 Å². The minimum absolute atomic E-state index is 0.191. The van der Waals surface area contributed by atoms with Gasteiger partial charge < -0.3 is 5.32 Å². The number of nitrogens with one attached hydrogen (secondary N) is 2. The first-order valence-corrected chi connectivity index (χ1v) is 8.45. The number of aromatic nitrogens is 4. The molecule has 2 N–H and O–H groups in total. The van der Waals surface area contributed by atoms with Gasteiger partial charge in [0.25, 0.3) is 5.91 Å². The summed E-state index contributed by atoms with van der Waals surface area (Å²) in [4.78, 5) is 21.5. The topological polar surface area (TPSA) is 83.6 Å². The zero-order valence-corrected chi connectivity index (χ0v) is 14.0. The van der Waals surface area contributed by atoms with Gasteiger partial charge in [0.15, 0.2) is 0 Å². The van der Waals surface area contributed by atoms with E-state index >= 15 is 0 Å². The molecule has 3 aromatic rings. The molecule has 1 fully saturated rings. The van der Waals surface area contributed by atoms with Crippen LogP contribution in [0.15, 0.2) is 42.9 Å². The number of nitrogens with zero attached hydrogens (tertiary/aromatic N) is 3. The van der Waals surface area contributed by atoms with Gasteiger partial charge in [0.1, 0.15) is 5.69 Å².